The number of hydrogen-bond acceptors (Lipinski definition) is 4. The largest absolute Gasteiger partial charge is 0.339 e. The van der Waals surface area contributed by atoms with Gasteiger partial charge in [0.05, 0.1) is 5.56 Å². The van der Waals surface area contributed by atoms with Gasteiger partial charge in [-0.3, -0.25) is 0 Å². The number of aryl methyl sites for hydroxylation is 2. The zero-order valence-electron chi connectivity index (χ0n) is 13.0. The summed E-state index contributed by atoms with van der Waals surface area (Å²) in [6, 6.07) is 9.05. The number of halogens is 2. The third kappa shape index (κ3) is 2.50. The topological polar surface area (TPSA) is 64.9 Å². The van der Waals surface area contributed by atoms with Crippen LogP contribution in [0, 0.1) is 12.7 Å². The molecular weight excluding hydrogens is 329 g/mol. The van der Waals surface area contributed by atoms with Crippen LogP contribution in [0.25, 0.3) is 22.5 Å². The highest BCUT2D eigenvalue weighted by Crippen LogP contribution is 2.38. The molecule has 4 rings (SSSR count). The Morgan fingerprint density at radius 2 is 2.12 bits per heavy atom. The van der Waals surface area contributed by atoms with Gasteiger partial charge in [-0.25, -0.2) is 4.39 Å². The molecule has 1 heterocycles. The van der Waals surface area contributed by atoms with E-state index in [4.69, 9.17) is 21.9 Å². The second-order valence-electron chi connectivity index (χ2n) is 6.01. The molecule has 0 spiro atoms. The van der Waals surface area contributed by atoms with Crippen molar-refractivity contribution in [3.8, 4) is 22.5 Å². The predicted octanol–water partition coefficient (Wildman–Crippen LogP) is 4.45. The lowest BCUT2D eigenvalue weighted by Gasteiger charge is -2.11. The molecule has 1 aliphatic carbocycles. The van der Waals surface area contributed by atoms with Crippen LogP contribution in [0.15, 0.2) is 34.9 Å². The number of fused-ring (bicyclic) bond motifs is 1. The van der Waals surface area contributed by atoms with E-state index in [1.807, 2.05) is 18.2 Å². The number of benzene rings is 2. The molecule has 2 aromatic carbocycles. The monoisotopic (exact) mass is 343 g/mol. The van der Waals surface area contributed by atoms with Crippen molar-refractivity contribution in [2.24, 2.45) is 5.73 Å². The molecule has 0 fully saturated rings. The minimum atomic E-state index is -0.476. The van der Waals surface area contributed by atoms with E-state index in [2.05, 4.69) is 10.1 Å². The molecule has 2 N–H and O–H groups in total. The summed E-state index contributed by atoms with van der Waals surface area (Å²) in [6.45, 7) is 1.67. The molecule has 0 aliphatic heterocycles. The lowest BCUT2D eigenvalue weighted by molar-refractivity contribution is 0.394. The van der Waals surface area contributed by atoms with Crippen LogP contribution in [-0.2, 0) is 6.42 Å². The zero-order chi connectivity index (χ0) is 16.8. The molecule has 1 atom stereocenters. The Labute approximate surface area is 143 Å². The molecule has 0 bridgehead atoms. The SMILES string of the molecule is Cc1nc(-c2c(F)cc(Cl)cc2-c2ccc3c(c2)CCC3N)no1. The summed E-state index contributed by atoms with van der Waals surface area (Å²) in [6.07, 6.45) is 1.85. The number of aromatic nitrogens is 2. The molecule has 0 amide bonds. The second kappa shape index (κ2) is 5.69. The van der Waals surface area contributed by atoms with E-state index in [0.717, 1.165) is 24.0 Å². The zero-order valence-corrected chi connectivity index (χ0v) is 13.8. The average Bonchev–Trinajstić information content (AvgIpc) is 3.13. The first-order valence-corrected chi connectivity index (χ1v) is 8.09. The highest BCUT2D eigenvalue weighted by atomic mass is 35.5. The number of hydrogen-bond donors (Lipinski definition) is 1. The van der Waals surface area contributed by atoms with Crippen molar-refractivity contribution in [1.29, 1.82) is 0 Å². The van der Waals surface area contributed by atoms with E-state index in [1.54, 1.807) is 13.0 Å². The van der Waals surface area contributed by atoms with Crippen LogP contribution in [0.5, 0.6) is 0 Å². The van der Waals surface area contributed by atoms with Gasteiger partial charge in [-0.15, -0.1) is 0 Å². The van der Waals surface area contributed by atoms with Crippen molar-refractivity contribution < 1.29 is 8.91 Å². The van der Waals surface area contributed by atoms with Crippen molar-refractivity contribution in [2.45, 2.75) is 25.8 Å². The van der Waals surface area contributed by atoms with E-state index < -0.39 is 5.82 Å². The Bertz CT molecular complexity index is 938. The molecule has 0 saturated carbocycles. The van der Waals surface area contributed by atoms with Crippen LogP contribution in [0.4, 0.5) is 4.39 Å². The summed E-state index contributed by atoms with van der Waals surface area (Å²) < 4.78 is 19.6. The first kappa shape index (κ1) is 15.3. The van der Waals surface area contributed by atoms with Crippen LogP contribution in [-0.4, -0.2) is 10.1 Å². The van der Waals surface area contributed by atoms with Gasteiger partial charge in [0.1, 0.15) is 5.82 Å². The van der Waals surface area contributed by atoms with Gasteiger partial charge in [-0.05, 0) is 47.2 Å². The first-order chi connectivity index (χ1) is 11.5. The van der Waals surface area contributed by atoms with Gasteiger partial charge in [0.25, 0.3) is 0 Å². The van der Waals surface area contributed by atoms with Crippen LogP contribution in [0.1, 0.15) is 29.5 Å². The third-order valence-corrected chi connectivity index (χ3v) is 4.60. The first-order valence-electron chi connectivity index (χ1n) is 7.71. The molecule has 3 aromatic rings. The van der Waals surface area contributed by atoms with Gasteiger partial charge in [-0.1, -0.05) is 35.0 Å². The molecule has 24 heavy (non-hydrogen) atoms. The van der Waals surface area contributed by atoms with Crippen molar-refractivity contribution in [1.82, 2.24) is 10.1 Å². The minimum absolute atomic E-state index is 0.0736. The molecule has 1 aromatic heterocycles. The molecule has 122 valence electrons. The predicted molar refractivity (Wildman–Crippen MR) is 90.1 cm³/mol. The summed E-state index contributed by atoms with van der Waals surface area (Å²) in [5.74, 6) is 0.120. The molecule has 0 radical (unpaired) electrons. The van der Waals surface area contributed by atoms with Gasteiger partial charge >= 0.3 is 0 Å². The normalized spacial score (nSPS) is 16.4. The summed E-state index contributed by atoms with van der Waals surface area (Å²) in [4.78, 5) is 4.16. The highest BCUT2D eigenvalue weighted by Gasteiger charge is 2.22. The Hall–Kier alpha value is -2.24. The second-order valence-corrected chi connectivity index (χ2v) is 6.44. The van der Waals surface area contributed by atoms with Crippen LogP contribution in [0.3, 0.4) is 0 Å². The lowest BCUT2D eigenvalue weighted by Crippen LogP contribution is -2.04. The van der Waals surface area contributed by atoms with Crippen molar-refractivity contribution >= 4 is 11.6 Å². The standard InChI is InChI=1S/C18H15ClFN3O/c1-9-22-18(23-24-9)17-14(7-12(19)8-15(17)20)11-2-4-13-10(6-11)3-5-16(13)21/h2,4,6-8,16H,3,5,21H2,1H3. The van der Waals surface area contributed by atoms with E-state index in [1.165, 1.54) is 11.6 Å². The Balaban J connectivity index is 1.92. The summed E-state index contributed by atoms with van der Waals surface area (Å²) in [5.41, 5.74) is 10.2. The molecular formula is C18H15ClFN3O. The van der Waals surface area contributed by atoms with Crippen molar-refractivity contribution in [2.75, 3.05) is 0 Å². The third-order valence-electron chi connectivity index (χ3n) is 4.38. The Morgan fingerprint density at radius 3 is 2.88 bits per heavy atom. The molecule has 6 heteroatoms. The summed E-state index contributed by atoms with van der Waals surface area (Å²) in [7, 11) is 0. The summed E-state index contributed by atoms with van der Waals surface area (Å²) >= 11 is 6.08. The van der Waals surface area contributed by atoms with Gasteiger partial charge in [0.15, 0.2) is 0 Å². The van der Waals surface area contributed by atoms with E-state index in [-0.39, 0.29) is 11.9 Å². The van der Waals surface area contributed by atoms with Crippen LogP contribution < -0.4 is 5.73 Å². The fourth-order valence-corrected chi connectivity index (χ4v) is 3.45. The van der Waals surface area contributed by atoms with Crippen LogP contribution in [0.2, 0.25) is 5.02 Å². The molecule has 1 unspecified atom stereocenters. The Morgan fingerprint density at radius 1 is 1.29 bits per heavy atom. The van der Waals surface area contributed by atoms with Crippen LogP contribution >= 0.6 is 11.6 Å². The maximum atomic E-state index is 14.6. The average molecular weight is 344 g/mol. The maximum absolute atomic E-state index is 14.6. The highest BCUT2D eigenvalue weighted by molar-refractivity contribution is 6.31. The van der Waals surface area contributed by atoms with Gasteiger partial charge < -0.3 is 10.3 Å². The van der Waals surface area contributed by atoms with Gasteiger partial charge in [0, 0.05) is 18.0 Å². The fraction of sp³-hybridized carbons (Fsp3) is 0.222. The maximum Gasteiger partial charge on any atom is 0.223 e. The molecule has 4 nitrogen and oxygen atoms in total. The molecule has 1 aliphatic rings. The van der Waals surface area contributed by atoms with Crippen molar-refractivity contribution in [3.63, 3.8) is 0 Å². The Kier molecular flexibility index (Phi) is 3.62. The fourth-order valence-electron chi connectivity index (χ4n) is 3.25. The van der Waals surface area contributed by atoms with E-state index in [9.17, 15) is 4.39 Å². The summed E-state index contributed by atoms with van der Waals surface area (Å²) in [5, 5.41) is 4.18. The number of nitrogens with two attached hydrogens (primary N) is 1. The quantitative estimate of drug-likeness (QED) is 0.746. The lowest BCUT2D eigenvalue weighted by atomic mass is 9.95. The van der Waals surface area contributed by atoms with Crippen molar-refractivity contribution in [3.05, 3.63) is 58.2 Å². The number of nitrogens with zero attached hydrogens (tertiary/aromatic N) is 2. The number of rotatable bonds is 2. The minimum Gasteiger partial charge on any atom is -0.339 e. The van der Waals surface area contributed by atoms with E-state index >= 15 is 0 Å². The van der Waals surface area contributed by atoms with Gasteiger partial charge in [-0.2, -0.15) is 4.98 Å². The van der Waals surface area contributed by atoms with Gasteiger partial charge in [0.2, 0.25) is 11.7 Å². The van der Waals surface area contributed by atoms with E-state index in [0.29, 0.717) is 22.0 Å². The molecule has 0 saturated heterocycles. The smallest absolute Gasteiger partial charge is 0.223 e.